The molecule has 0 aromatic heterocycles. The van der Waals surface area contributed by atoms with Gasteiger partial charge in [-0.3, -0.25) is 5.73 Å². The van der Waals surface area contributed by atoms with Gasteiger partial charge in [0.1, 0.15) is 5.75 Å². The van der Waals surface area contributed by atoms with Crippen molar-refractivity contribution < 1.29 is 4.74 Å². The highest BCUT2D eigenvalue weighted by Crippen LogP contribution is 2.33. The number of ether oxygens (including phenoxy) is 1. The van der Waals surface area contributed by atoms with E-state index in [1.807, 2.05) is 0 Å². The van der Waals surface area contributed by atoms with Gasteiger partial charge in [-0.2, -0.15) is 0 Å². The van der Waals surface area contributed by atoms with Gasteiger partial charge in [0.25, 0.3) is 0 Å². The topological polar surface area (TPSA) is 35.2 Å². The highest BCUT2D eigenvalue weighted by Gasteiger charge is 2.22. The van der Waals surface area contributed by atoms with Crippen molar-refractivity contribution in [1.29, 1.82) is 0 Å². The Morgan fingerprint density at radius 2 is 1.79 bits per heavy atom. The molecule has 2 aliphatic rings. The first-order valence-electron chi connectivity index (χ1n) is 5.40. The second kappa shape index (κ2) is 2.99. The third kappa shape index (κ3) is 1.22. The average molecular weight is 189 g/mol. The Balaban J connectivity index is 2.06. The smallest absolute Gasteiger partial charge is 0.151 e. The molecule has 1 heterocycles. The molecule has 0 bridgehead atoms. The zero-order valence-corrected chi connectivity index (χ0v) is 8.25. The Hall–Kier alpha value is -1.02. The Labute approximate surface area is 84.1 Å². The second-order valence-electron chi connectivity index (χ2n) is 4.30. The fourth-order valence-corrected chi connectivity index (χ4v) is 2.50. The highest BCUT2D eigenvalue weighted by atomic mass is 16.5. The van der Waals surface area contributed by atoms with Crippen molar-refractivity contribution >= 4 is 0 Å². The lowest BCUT2D eigenvalue weighted by molar-refractivity contribution is 0.241. The van der Waals surface area contributed by atoms with Crippen molar-refractivity contribution in [3.8, 4) is 5.75 Å². The third-order valence-corrected chi connectivity index (χ3v) is 3.22. The summed E-state index contributed by atoms with van der Waals surface area (Å²) in [5, 5.41) is 0. The zero-order chi connectivity index (χ0) is 9.54. The van der Waals surface area contributed by atoms with Crippen LogP contribution in [0, 0.1) is 0 Å². The van der Waals surface area contributed by atoms with Crippen LogP contribution in [-0.2, 0) is 19.3 Å². The molecule has 0 saturated heterocycles. The van der Waals surface area contributed by atoms with Crippen LogP contribution in [0.15, 0.2) is 12.1 Å². The maximum atomic E-state index is 5.76. The predicted molar refractivity (Wildman–Crippen MR) is 55.4 cm³/mol. The van der Waals surface area contributed by atoms with E-state index in [-0.39, 0.29) is 6.23 Å². The van der Waals surface area contributed by atoms with Gasteiger partial charge in [0.15, 0.2) is 6.23 Å². The van der Waals surface area contributed by atoms with Crippen LogP contribution >= 0.6 is 0 Å². The summed E-state index contributed by atoms with van der Waals surface area (Å²) in [5.41, 5.74) is 10.1. The second-order valence-corrected chi connectivity index (χ2v) is 4.30. The summed E-state index contributed by atoms with van der Waals surface area (Å²) in [6.07, 6.45) is 5.85. The lowest BCUT2D eigenvalue weighted by Gasteiger charge is -2.16. The van der Waals surface area contributed by atoms with Crippen molar-refractivity contribution in [1.82, 2.24) is 0 Å². The molecule has 1 aliphatic carbocycles. The van der Waals surface area contributed by atoms with E-state index in [2.05, 4.69) is 12.1 Å². The van der Waals surface area contributed by atoms with E-state index in [1.54, 1.807) is 0 Å². The molecule has 1 aromatic carbocycles. The lowest BCUT2D eigenvalue weighted by atomic mass is 9.90. The van der Waals surface area contributed by atoms with Crippen LogP contribution in [0.3, 0.4) is 0 Å². The predicted octanol–water partition coefficient (Wildman–Crippen LogP) is 1.79. The van der Waals surface area contributed by atoms with Gasteiger partial charge in [-0.1, -0.05) is 6.07 Å². The number of benzene rings is 1. The Morgan fingerprint density at radius 1 is 1.07 bits per heavy atom. The van der Waals surface area contributed by atoms with Gasteiger partial charge in [0.05, 0.1) is 0 Å². The summed E-state index contributed by atoms with van der Waals surface area (Å²) in [7, 11) is 0. The third-order valence-electron chi connectivity index (χ3n) is 3.22. The summed E-state index contributed by atoms with van der Waals surface area (Å²) in [6.45, 7) is 0. The van der Waals surface area contributed by atoms with Gasteiger partial charge in [0, 0.05) is 6.42 Å². The molecule has 1 aromatic rings. The van der Waals surface area contributed by atoms with Crippen LogP contribution in [0.25, 0.3) is 0 Å². The number of rotatable bonds is 0. The van der Waals surface area contributed by atoms with Crippen LogP contribution in [-0.4, -0.2) is 6.23 Å². The van der Waals surface area contributed by atoms with Crippen LogP contribution in [0.4, 0.5) is 0 Å². The molecule has 1 unspecified atom stereocenters. The molecule has 0 saturated carbocycles. The largest absolute Gasteiger partial charge is 0.475 e. The van der Waals surface area contributed by atoms with E-state index in [9.17, 15) is 0 Å². The minimum Gasteiger partial charge on any atom is -0.475 e. The fourth-order valence-electron chi connectivity index (χ4n) is 2.50. The lowest BCUT2D eigenvalue weighted by Crippen LogP contribution is -2.23. The molecule has 1 atom stereocenters. The summed E-state index contributed by atoms with van der Waals surface area (Å²) in [5.74, 6) is 1.03. The van der Waals surface area contributed by atoms with Crippen LogP contribution in [0.1, 0.15) is 29.5 Å². The molecule has 0 amide bonds. The van der Waals surface area contributed by atoms with E-state index < -0.39 is 0 Å². The Morgan fingerprint density at radius 3 is 2.57 bits per heavy atom. The molecular weight excluding hydrogens is 174 g/mol. The first kappa shape index (κ1) is 8.30. The molecule has 0 fully saturated rings. The van der Waals surface area contributed by atoms with Crippen LogP contribution in [0.2, 0.25) is 0 Å². The molecule has 3 rings (SSSR count). The molecule has 2 heteroatoms. The quantitative estimate of drug-likeness (QED) is 0.675. The van der Waals surface area contributed by atoms with E-state index in [4.69, 9.17) is 10.5 Å². The van der Waals surface area contributed by atoms with Crippen molar-refractivity contribution in [3.05, 3.63) is 28.8 Å². The maximum absolute atomic E-state index is 5.76. The Bertz CT molecular complexity index is 338. The van der Waals surface area contributed by atoms with Crippen molar-refractivity contribution in [2.75, 3.05) is 0 Å². The van der Waals surface area contributed by atoms with Gasteiger partial charge in [-0.25, -0.2) is 0 Å². The number of hydrogen-bond donors (Lipinski definition) is 1. The van der Waals surface area contributed by atoms with Crippen LogP contribution < -0.4 is 10.5 Å². The molecular formula is C12H15NO. The van der Waals surface area contributed by atoms with Crippen molar-refractivity contribution in [2.24, 2.45) is 5.73 Å². The minimum atomic E-state index is -0.117. The van der Waals surface area contributed by atoms with E-state index in [0.717, 1.165) is 12.2 Å². The van der Waals surface area contributed by atoms with Gasteiger partial charge in [-0.05, 0) is 48.4 Å². The SMILES string of the molecule is NC1Cc2cc3c(cc2O1)CCCC3. The zero-order valence-electron chi connectivity index (χ0n) is 8.25. The first-order chi connectivity index (χ1) is 6.83. The highest BCUT2D eigenvalue weighted by molar-refractivity contribution is 5.46. The first-order valence-corrected chi connectivity index (χ1v) is 5.40. The summed E-state index contributed by atoms with van der Waals surface area (Å²) in [4.78, 5) is 0. The fraction of sp³-hybridized carbons (Fsp3) is 0.500. The van der Waals surface area contributed by atoms with E-state index in [1.165, 1.54) is 42.4 Å². The van der Waals surface area contributed by atoms with Gasteiger partial charge < -0.3 is 4.74 Å². The van der Waals surface area contributed by atoms with Crippen molar-refractivity contribution in [2.45, 2.75) is 38.3 Å². The molecule has 1 aliphatic heterocycles. The molecule has 2 nitrogen and oxygen atoms in total. The van der Waals surface area contributed by atoms with E-state index >= 15 is 0 Å². The summed E-state index contributed by atoms with van der Waals surface area (Å²) < 4.78 is 5.55. The normalized spacial score (nSPS) is 23.9. The van der Waals surface area contributed by atoms with Crippen molar-refractivity contribution in [3.63, 3.8) is 0 Å². The van der Waals surface area contributed by atoms with Gasteiger partial charge >= 0.3 is 0 Å². The molecule has 14 heavy (non-hydrogen) atoms. The molecule has 0 radical (unpaired) electrons. The number of fused-ring (bicyclic) bond motifs is 2. The monoisotopic (exact) mass is 189 g/mol. The summed E-state index contributed by atoms with van der Waals surface area (Å²) in [6, 6.07) is 4.51. The maximum Gasteiger partial charge on any atom is 0.151 e. The van der Waals surface area contributed by atoms with Gasteiger partial charge in [-0.15, -0.1) is 0 Å². The summed E-state index contributed by atoms with van der Waals surface area (Å²) >= 11 is 0. The average Bonchev–Trinajstić information content (AvgIpc) is 2.53. The standard InChI is InChI=1S/C12H15NO/c13-12-7-10-5-8-3-1-2-4-9(8)6-11(10)14-12/h5-6,12H,1-4,7,13H2. The Kier molecular flexibility index (Phi) is 1.77. The number of nitrogens with two attached hydrogens (primary N) is 1. The minimum absolute atomic E-state index is 0.117. The number of hydrogen-bond acceptors (Lipinski definition) is 2. The molecule has 74 valence electrons. The molecule has 0 spiro atoms. The van der Waals surface area contributed by atoms with Crippen LogP contribution in [0.5, 0.6) is 5.75 Å². The van der Waals surface area contributed by atoms with Gasteiger partial charge in [0.2, 0.25) is 0 Å². The number of aryl methyl sites for hydroxylation is 2. The van der Waals surface area contributed by atoms with E-state index in [0.29, 0.717) is 0 Å². The molecule has 2 N–H and O–H groups in total.